The molecule has 20 heavy (non-hydrogen) atoms. The Balaban J connectivity index is 2.47. The molecule has 1 aliphatic rings. The number of primary amides is 1. The van der Waals surface area contributed by atoms with Crippen molar-refractivity contribution >= 4 is 21.8 Å². The number of nitrogens with two attached hydrogens (primary N) is 1. The van der Waals surface area contributed by atoms with E-state index >= 15 is 0 Å². The van der Waals surface area contributed by atoms with E-state index in [2.05, 4.69) is 21.2 Å². The standard InChI is InChI=1S/C14H19BrFN3O/c1-14(13(17)20,19-7-2-5-18-6-8-19)11-9-10(15)3-4-12(11)16/h3-4,9,18H,2,5-8H2,1H3,(H2,17,20). The fourth-order valence-corrected chi connectivity index (χ4v) is 2.98. The predicted molar refractivity (Wildman–Crippen MR) is 79.7 cm³/mol. The highest BCUT2D eigenvalue weighted by atomic mass is 79.9. The van der Waals surface area contributed by atoms with Gasteiger partial charge in [0.05, 0.1) is 0 Å². The number of nitrogens with zero attached hydrogens (tertiary/aromatic N) is 1. The monoisotopic (exact) mass is 343 g/mol. The summed E-state index contributed by atoms with van der Waals surface area (Å²) >= 11 is 3.33. The van der Waals surface area contributed by atoms with Gasteiger partial charge in [0.15, 0.2) is 0 Å². The zero-order valence-electron chi connectivity index (χ0n) is 11.5. The Kier molecular flexibility index (Phi) is 4.78. The SMILES string of the molecule is CC(C(N)=O)(c1cc(Br)ccc1F)N1CCCNCC1. The van der Waals surface area contributed by atoms with Crippen molar-refractivity contribution in [3.05, 3.63) is 34.1 Å². The van der Waals surface area contributed by atoms with Crippen molar-refractivity contribution < 1.29 is 9.18 Å². The molecule has 1 aliphatic heterocycles. The number of nitrogens with one attached hydrogen (secondary N) is 1. The molecule has 1 atom stereocenters. The minimum absolute atomic E-state index is 0.321. The van der Waals surface area contributed by atoms with Gasteiger partial charge in [-0.15, -0.1) is 0 Å². The quantitative estimate of drug-likeness (QED) is 0.876. The summed E-state index contributed by atoms with van der Waals surface area (Å²) in [6.45, 7) is 4.72. The summed E-state index contributed by atoms with van der Waals surface area (Å²) in [5.41, 5.74) is 4.80. The minimum Gasteiger partial charge on any atom is -0.368 e. The van der Waals surface area contributed by atoms with E-state index in [9.17, 15) is 9.18 Å². The van der Waals surface area contributed by atoms with Crippen LogP contribution in [-0.4, -0.2) is 37.0 Å². The lowest BCUT2D eigenvalue weighted by molar-refractivity contribution is -0.130. The van der Waals surface area contributed by atoms with Crippen molar-refractivity contribution in [2.24, 2.45) is 5.73 Å². The zero-order chi connectivity index (χ0) is 14.8. The van der Waals surface area contributed by atoms with Gasteiger partial charge in [0.25, 0.3) is 0 Å². The third-order valence-corrected chi connectivity index (χ3v) is 4.40. The number of amides is 1. The van der Waals surface area contributed by atoms with Crippen molar-refractivity contribution in [3.8, 4) is 0 Å². The van der Waals surface area contributed by atoms with Crippen LogP contribution in [0.3, 0.4) is 0 Å². The molecule has 110 valence electrons. The molecule has 2 rings (SSSR count). The third-order valence-electron chi connectivity index (χ3n) is 3.91. The van der Waals surface area contributed by atoms with Gasteiger partial charge >= 0.3 is 0 Å². The molecule has 0 saturated carbocycles. The van der Waals surface area contributed by atoms with Gasteiger partial charge in [-0.25, -0.2) is 4.39 Å². The Labute approximate surface area is 126 Å². The van der Waals surface area contributed by atoms with Crippen molar-refractivity contribution in [2.45, 2.75) is 18.9 Å². The second-order valence-electron chi connectivity index (χ2n) is 5.15. The maximum atomic E-state index is 14.2. The molecule has 1 aromatic carbocycles. The molecular formula is C14H19BrFN3O. The number of hydrogen-bond acceptors (Lipinski definition) is 3. The third kappa shape index (κ3) is 2.87. The summed E-state index contributed by atoms with van der Waals surface area (Å²) in [6, 6.07) is 4.61. The van der Waals surface area contributed by atoms with Gasteiger partial charge < -0.3 is 11.1 Å². The first-order valence-corrected chi connectivity index (χ1v) is 7.46. The molecule has 0 spiro atoms. The summed E-state index contributed by atoms with van der Waals surface area (Å²) in [6.07, 6.45) is 0.901. The average Bonchev–Trinajstić information content (AvgIpc) is 2.69. The lowest BCUT2D eigenvalue weighted by Gasteiger charge is -2.38. The molecule has 1 heterocycles. The Morgan fingerprint density at radius 2 is 2.20 bits per heavy atom. The van der Waals surface area contributed by atoms with Gasteiger partial charge in [0, 0.05) is 29.7 Å². The molecule has 1 unspecified atom stereocenters. The van der Waals surface area contributed by atoms with Crippen LogP contribution in [0.4, 0.5) is 4.39 Å². The Bertz CT molecular complexity index is 503. The second-order valence-corrected chi connectivity index (χ2v) is 6.07. The van der Waals surface area contributed by atoms with Crippen LogP contribution in [0.25, 0.3) is 0 Å². The largest absolute Gasteiger partial charge is 0.368 e. The molecule has 4 nitrogen and oxygen atoms in total. The topological polar surface area (TPSA) is 58.4 Å². The van der Waals surface area contributed by atoms with E-state index in [1.807, 2.05) is 4.90 Å². The van der Waals surface area contributed by atoms with Crippen molar-refractivity contribution in [3.63, 3.8) is 0 Å². The number of carbonyl (C=O) groups excluding carboxylic acids is 1. The first kappa shape index (κ1) is 15.4. The molecule has 1 fully saturated rings. The van der Waals surface area contributed by atoms with Crippen LogP contribution < -0.4 is 11.1 Å². The smallest absolute Gasteiger partial charge is 0.242 e. The van der Waals surface area contributed by atoms with Crippen LogP contribution in [0.1, 0.15) is 18.9 Å². The summed E-state index contributed by atoms with van der Waals surface area (Å²) in [7, 11) is 0. The Morgan fingerprint density at radius 1 is 1.45 bits per heavy atom. The van der Waals surface area contributed by atoms with Gasteiger partial charge in [-0.05, 0) is 38.1 Å². The zero-order valence-corrected chi connectivity index (χ0v) is 13.0. The molecular weight excluding hydrogens is 325 g/mol. The van der Waals surface area contributed by atoms with E-state index in [1.165, 1.54) is 6.07 Å². The van der Waals surface area contributed by atoms with Gasteiger partial charge in [-0.3, -0.25) is 9.69 Å². The molecule has 6 heteroatoms. The van der Waals surface area contributed by atoms with E-state index in [4.69, 9.17) is 5.73 Å². The summed E-state index contributed by atoms with van der Waals surface area (Å²) in [5.74, 6) is -0.942. The van der Waals surface area contributed by atoms with Crippen LogP contribution in [0.5, 0.6) is 0 Å². The van der Waals surface area contributed by atoms with E-state index in [0.717, 1.165) is 24.0 Å². The van der Waals surface area contributed by atoms with Crippen molar-refractivity contribution in [2.75, 3.05) is 26.2 Å². The summed E-state index contributed by atoms with van der Waals surface area (Å²) < 4.78 is 14.9. The highest BCUT2D eigenvalue weighted by Gasteiger charge is 2.41. The van der Waals surface area contributed by atoms with E-state index in [1.54, 1.807) is 19.1 Å². The van der Waals surface area contributed by atoms with Gasteiger partial charge in [0.2, 0.25) is 5.91 Å². The lowest BCUT2D eigenvalue weighted by Crippen LogP contribution is -2.54. The van der Waals surface area contributed by atoms with Crippen molar-refractivity contribution in [1.82, 2.24) is 10.2 Å². The van der Waals surface area contributed by atoms with Crippen LogP contribution >= 0.6 is 15.9 Å². The van der Waals surface area contributed by atoms with Crippen LogP contribution in [0, 0.1) is 5.82 Å². The number of rotatable bonds is 3. The molecule has 3 N–H and O–H groups in total. The molecule has 1 amide bonds. The lowest BCUT2D eigenvalue weighted by atomic mass is 9.88. The second kappa shape index (κ2) is 6.20. The average molecular weight is 344 g/mol. The minimum atomic E-state index is -1.14. The fraction of sp³-hybridized carbons (Fsp3) is 0.500. The first-order chi connectivity index (χ1) is 9.46. The molecule has 0 bridgehead atoms. The van der Waals surface area contributed by atoms with Crippen LogP contribution in [0.15, 0.2) is 22.7 Å². The highest BCUT2D eigenvalue weighted by molar-refractivity contribution is 9.10. The maximum Gasteiger partial charge on any atom is 0.242 e. The Hall–Kier alpha value is -0.980. The van der Waals surface area contributed by atoms with Gasteiger partial charge in [-0.1, -0.05) is 15.9 Å². The number of hydrogen-bond donors (Lipinski definition) is 2. The maximum absolute atomic E-state index is 14.2. The van der Waals surface area contributed by atoms with Gasteiger partial charge in [0.1, 0.15) is 11.4 Å². The molecule has 1 saturated heterocycles. The van der Waals surface area contributed by atoms with Crippen molar-refractivity contribution in [1.29, 1.82) is 0 Å². The normalized spacial score (nSPS) is 20.1. The summed E-state index contributed by atoms with van der Waals surface area (Å²) in [4.78, 5) is 14.0. The molecule has 0 aromatic heterocycles. The van der Waals surface area contributed by atoms with Crippen LogP contribution in [-0.2, 0) is 10.3 Å². The van der Waals surface area contributed by atoms with E-state index in [-0.39, 0.29) is 0 Å². The molecule has 0 aliphatic carbocycles. The first-order valence-electron chi connectivity index (χ1n) is 6.67. The molecule has 1 aromatic rings. The van der Waals surface area contributed by atoms with E-state index in [0.29, 0.717) is 18.7 Å². The summed E-state index contributed by atoms with van der Waals surface area (Å²) in [5, 5.41) is 3.27. The van der Waals surface area contributed by atoms with Crippen LogP contribution in [0.2, 0.25) is 0 Å². The van der Waals surface area contributed by atoms with Gasteiger partial charge in [-0.2, -0.15) is 0 Å². The van der Waals surface area contributed by atoms with E-state index < -0.39 is 17.3 Å². The highest BCUT2D eigenvalue weighted by Crippen LogP contribution is 2.32. The number of benzene rings is 1. The molecule has 0 radical (unpaired) electrons. The predicted octanol–water partition coefficient (Wildman–Crippen LogP) is 1.58. The number of carbonyl (C=O) groups is 1. The fourth-order valence-electron chi connectivity index (χ4n) is 2.62. The Morgan fingerprint density at radius 3 is 2.90 bits per heavy atom. The number of halogens is 2.